The standard InChI is InChI=1S/C12H14ClNOS/c1-16-6-5-10(14)11-7-8-3-2-4-9(13)12(8)15-11/h2-4,7,10H,5-6,14H2,1H3. The fourth-order valence-electron chi connectivity index (χ4n) is 1.62. The van der Waals surface area contributed by atoms with Crippen LogP contribution in [0.4, 0.5) is 0 Å². The number of para-hydroxylation sites is 1. The Morgan fingerprint density at radius 2 is 2.31 bits per heavy atom. The number of nitrogens with two attached hydrogens (primary N) is 1. The van der Waals surface area contributed by atoms with E-state index in [0.29, 0.717) is 5.02 Å². The van der Waals surface area contributed by atoms with E-state index in [1.807, 2.05) is 24.3 Å². The number of halogens is 1. The molecule has 0 bridgehead atoms. The van der Waals surface area contributed by atoms with Gasteiger partial charge >= 0.3 is 0 Å². The van der Waals surface area contributed by atoms with Gasteiger partial charge in [-0.25, -0.2) is 0 Å². The van der Waals surface area contributed by atoms with E-state index in [-0.39, 0.29) is 6.04 Å². The molecule has 0 saturated heterocycles. The van der Waals surface area contributed by atoms with Crippen LogP contribution in [0.15, 0.2) is 28.7 Å². The van der Waals surface area contributed by atoms with E-state index in [1.54, 1.807) is 11.8 Å². The highest BCUT2D eigenvalue weighted by atomic mass is 35.5. The molecular weight excluding hydrogens is 242 g/mol. The van der Waals surface area contributed by atoms with E-state index in [0.717, 1.165) is 28.9 Å². The van der Waals surface area contributed by atoms with Gasteiger partial charge in [-0.15, -0.1) is 0 Å². The molecule has 0 aliphatic rings. The molecule has 0 fully saturated rings. The van der Waals surface area contributed by atoms with Crippen molar-refractivity contribution >= 4 is 34.3 Å². The Bertz CT molecular complexity index is 483. The molecule has 0 aliphatic carbocycles. The highest BCUT2D eigenvalue weighted by molar-refractivity contribution is 7.98. The van der Waals surface area contributed by atoms with E-state index in [4.69, 9.17) is 21.8 Å². The molecule has 86 valence electrons. The Balaban J connectivity index is 2.29. The molecule has 0 spiro atoms. The van der Waals surface area contributed by atoms with Gasteiger partial charge in [0.2, 0.25) is 0 Å². The van der Waals surface area contributed by atoms with Crippen LogP contribution in [-0.2, 0) is 0 Å². The molecule has 2 nitrogen and oxygen atoms in total. The second-order valence-corrected chi connectivity index (χ2v) is 5.09. The van der Waals surface area contributed by atoms with Crippen LogP contribution in [0.5, 0.6) is 0 Å². The van der Waals surface area contributed by atoms with Crippen LogP contribution >= 0.6 is 23.4 Å². The summed E-state index contributed by atoms with van der Waals surface area (Å²) in [6, 6.07) is 7.65. The first-order valence-electron chi connectivity index (χ1n) is 5.15. The molecule has 1 atom stereocenters. The largest absolute Gasteiger partial charge is 0.458 e. The summed E-state index contributed by atoms with van der Waals surface area (Å²) in [6.45, 7) is 0. The van der Waals surface area contributed by atoms with Crippen LogP contribution in [-0.4, -0.2) is 12.0 Å². The lowest BCUT2D eigenvalue weighted by molar-refractivity contribution is 0.490. The van der Waals surface area contributed by atoms with E-state index in [2.05, 4.69) is 6.26 Å². The summed E-state index contributed by atoms with van der Waals surface area (Å²) in [5.41, 5.74) is 6.78. The topological polar surface area (TPSA) is 39.2 Å². The van der Waals surface area contributed by atoms with E-state index >= 15 is 0 Å². The van der Waals surface area contributed by atoms with Gasteiger partial charge in [-0.1, -0.05) is 23.7 Å². The highest BCUT2D eigenvalue weighted by Gasteiger charge is 2.12. The van der Waals surface area contributed by atoms with Crippen LogP contribution in [0.1, 0.15) is 18.2 Å². The number of hydrogen-bond donors (Lipinski definition) is 1. The zero-order valence-electron chi connectivity index (χ0n) is 9.07. The number of fused-ring (bicyclic) bond motifs is 1. The number of hydrogen-bond acceptors (Lipinski definition) is 3. The van der Waals surface area contributed by atoms with Crippen LogP contribution in [0, 0.1) is 0 Å². The number of thioether (sulfide) groups is 1. The Kier molecular flexibility index (Phi) is 3.79. The van der Waals surface area contributed by atoms with Crippen molar-refractivity contribution in [3.8, 4) is 0 Å². The zero-order chi connectivity index (χ0) is 11.5. The minimum Gasteiger partial charge on any atom is -0.458 e. The van der Waals surface area contributed by atoms with Gasteiger partial charge in [-0.05, 0) is 30.6 Å². The van der Waals surface area contributed by atoms with Crippen molar-refractivity contribution in [3.63, 3.8) is 0 Å². The molecule has 0 radical (unpaired) electrons. The van der Waals surface area contributed by atoms with E-state index < -0.39 is 0 Å². The summed E-state index contributed by atoms with van der Waals surface area (Å²) < 4.78 is 5.69. The molecule has 4 heteroatoms. The van der Waals surface area contributed by atoms with Crippen LogP contribution in [0.25, 0.3) is 11.0 Å². The minimum absolute atomic E-state index is 0.0454. The molecule has 16 heavy (non-hydrogen) atoms. The lowest BCUT2D eigenvalue weighted by Crippen LogP contribution is -2.09. The van der Waals surface area contributed by atoms with E-state index in [1.165, 1.54) is 0 Å². The molecule has 1 aromatic carbocycles. The Morgan fingerprint density at radius 1 is 1.50 bits per heavy atom. The Labute approximate surface area is 104 Å². The molecule has 0 saturated carbocycles. The second kappa shape index (κ2) is 5.13. The van der Waals surface area contributed by atoms with Crippen molar-refractivity contribution in [1.29, 1.82) is 0 Å². The molecule has 1 aromatic heterocycles. The summed E-state index contributed by atoms with van der Waals surface area (Å²) in [5, 5.41) is 1.66. The fourth-order valence-corrected chi connectivity index (χ4v) is 2.33. The average Bonchev–Trinajstić information content (AvgIpc) is 2.71. The van der Waals surface area contributed by atoms with Gasteiger partial charge in [-0.2, -0.15) is 11.8 Å². The summed E-state index contributed by atoms with van der Waals surface area (Å²) >= 11 is 7.83. The molecule has 0 aliphatic heterocycles. The average molecular weight is 256 g/mol. The third-order valence-electron chi connectivity index (χ3n) is 2.51. The molecule has 2 rings (SSSR count). The predicted octanol–water partition coefficient (Wildman–Crippen LogP) is 3.84. The van der Waals surface area contributed by atoms with Crippen molar-refractivity contribution in [2.24, 2.45) is 5.73 Å². The van der Waals surface area contributed by atoms with Crippen LogP contribution < -0.4 is 5.73 Å². The van der Waals surface area contributed by atoms with Crippen LogP contribution in [0.3, 0.4) is 0 Å². The maximum absolute atomic E-state index is 6.04. The van der Waals surface area contributed by atoms with E-state index in [9.17, 15) is 0 Å². The van der Waals surface area contributed by atoms with Crippen molar-refractivity contribution in [2.45, 2.75) is 12.5 Å². The zero-order valence-corrected chi connectivity index (χ0v) is 10.6. The normalized spacial score (nSPS) is 13.2. The summed E-state index contributed by atoms with van der Waals surface area (Å²) in [6.07, 6.45) is 2.99. The van der Waals surface area contributed by atoms with Gasteiger partial charge in [-0.3, -0.25) is 0 Å². The lowest BCUT2D eigenvalue weighted by atomic mass is 10.1. The van der Waals surface area contributed by atoms with Gasteiger partial charge in [0.05, 0.1) is 11.1 Å². The van der Waals surface area contributed by atoms with Crippen molar-refractivity contribution in [1.82, 2.24) is 0 Å². The van der Waals surface area contributed by atoms with Crippen molar-refractivity contribution in [3.05, 3.63) is 35.0 Å². The van der Waals surface area contributed by atoms with Gasteiger partial charge < -0.3 is 10.2 Å². The minimum atomic E-state index is -0.0454. The number of rotatable bonds is 4. The van der Waals surface area contributed by atoms with Gasteiger partial charge in [0, 0.05) is 5.39 Å². The predicted molar refractivity (Wildman–Crippen MR) is 71.2 cm³/mol. The maximum atomic E-state index is 6.04. The third kappa shape index (κ3) is 2.37. The lowest BCUT2D eigenvalue weighted by Gasteiger charge is -2.06. The van der Waals surface area contributed by atoms with Crippen molar-refractivity contribution < 1.29 is 4.42 Å². The molecular formula is C12H14ClNOS. The summed E-state index contributed by atoms with van der Waals surface area (Å²) in [4.78, 5) is 0. The molecule has 2 N–H and O–H groups in total. The summed E-state index contributed by atoms with van der Waals surface area (Å²) in [5.74, 6) is 1.85. The maximum Gasteiger partial charge on any atom is 0.152 e. The van der Waals surface area contributed by atoms with Gasteiger partial charge in [0.25, 0.3) is 0 Å². The number of benzene rings is 1. The quantitative estimate of drug-likeness (QED) is 0.902. The smallest absolute Gasteiger partial charge is 0.152 e. The first-order chi connectivity index (χ1) is 7.72. The third-order valence-corrected chi connectivity index (χ3v) is 3.46. The molecule has 1 heterocycles. The fraction of sp³-hybridized carbons (Fsp3) is 0.333. The first kappa shape index (κ1) is 11.8. The number of furan rings is 1. The highest BCUT2D eigenvalue weighted by Crippen LogP contribution is 2.29. The van der Waals surface area contributed by atoms with Gasteiger partial charge in [0.15, 0.2) is 5.58 Å². The molecule has 2 aromatic rings. The van der Waals surface area contributed by atoms with Gasteiger partial charge in [0.1, 0.15) is 5.76 Å². The first-order valence-corrected chi connectivity index (χ1v) is 6.92. The Morgan fingerprint density at radius 3 is 3.00 bits per heavy atom. The molecule has 1 unspecified atom stereocenters. The molecule has 0 amide bonds. The Hall–Kier alpha value is -0.640. The van der Waals surface area contributed by atoms with Crippen molar-refractivity contribution in [2.75, 3.05) is 12.0 Å². The second-order valence-electron chi connectivity index (χ2n) is 3.69. The monoisotopic (exact) mass is 255 g/mol. The summed E-state index contributed by atoms with van der Waals surface area (Å²) in [7, 11) is 0. The SMILES string of the molecule is CSCCC(N)c1cc2cccc(Cl)c2o1. The van der Waals surface area contributed by atoms with Crippen LogP contribution in [0.2, 0.25) is 5.02 Å².